The van der Waals surface area contributed by atoms with Crippen LogP contribution in [-0.4, -0.2) is 17.6 Å². The number of rotatable bonds is 6. The smallest absolute Gasteiger partial charge is 0.186 e. The Morgan fingerprint density at radius 2 is 2.25 bits per heavy atom. The maximum absolute atomic E-state index is 5.71. The number of hydrogen-bond donors (Lipinski definition) is 1. The van der Waals surface area contributed by atoms with E-state index in [-0.39, 0.29) is 0 Å². The number of unbranched alkanes of at least 4 members (excludes halogenated alkanes) is 1. The van der Waals surface area contributed by atoms with Crippen molar-refractivity contribution >= 4 is 16.5 Å². The summed E-state index contributed by atoms with van der Waals surface area (Å²) >= 11 is 1.78. The minimum atomic E-state index is 0.621. The maximum Gasteiger partial charge on any atom is 0.186 e. The highest BCUT2D eigenvalue weighted by molar-refractivity contribution is 7.15. The lowest BCUT2D eigenvalue weighted by molar-refractivity contribution is 0.710. The van der Waals surface area contributed by atoms with Gasteiger partial charge in [0, 0.05) is 24.0 Å². The van der Waals surface area contributed by atoms with Crippen LogP contribution in [-0.2, 0) is 6.54 Å². The van der Waals surface area contributed by atoms with Crippen LogP contribution in [0.25, 0.3) is 0 Å². The van der Waals surface area contributed by atoms with E-state index in [0.29, 0.717) is 6.54 Å². The van der Waals surface area contributed by atoms with Crippen LogP contribution in [0.1, 0.15) is 43.2 Å². The molecule has 2 N–H and O–H groups in total. The van der Waals surface area contributed by atoms with E-state index in [0.717, 1.165) is 18.3 Å². The number of thiazole rings is 1. The van der Waals surface area contributed by atoms with Gasteiger partial charge in [0.25, 0.3) is 0 Å². The number of anilines is 1. The molecule has 0 aromatic carbocycles. The van der Waals surface area contributed by atoms with Crippen molar-refractivity contribution in [2.45, 2.75) is 52.1 Å². The SMILES string of the molecule is CCCCN(c1nc(C)c(CN)s1)C1CC1. The monoisotopic (exact) mass is 239 g/mol. The molecule has 1 heterocycles. The molecular formula is C12H21N3S. The van der Waals surface area contributed by atoms with Crippen LogP contribution in [0.3, 0.4) is 0 Å². The predicted molar refractivity (Wildman–Crippen MR) is 70.0 cm³/mol. The Balaban J connectivity index is 2.11. The van der Waals surface area contributed by atoms with Crippen LogP contribution in [0, 0.1) is 6.92 Å². The molecule has 1 aromatic rings. The van der Waals surface area contributed by atoms with Gasteiger partial charge in [0.2, 0.25) is 0 Å². The molecule has 0 saturated heterocycles. The molecule has 2 rings (SSSR count). The van der Waals surface area contributed by atoms with Crippen LogP contribution < -0.4 is 10.6 Å². The minimum Gasteiger partial charge on any atom is -0.345 e. The van der Waals surface area contributed by atoms with Crippen molar-refractivity contribution in [2.24, 2.45) is 5.73 Å². The molecule has 3 nitrogen and oxygen atoms in total. The third-order valence-corrected chi connectivity index (χ3v) is 4.27. The van der Waals surface area contributed by atoms with E-state index in [1.54, 1.807) is 11.3 Å². The summed E-state index contributed by atoms with van der Waals surface area (Å²) in [5.41, 5.74) is 6.82. The quantitative estimate of drug-likeness (QED) is 0.830. The van der Waals surface area contributed by atoms with Gasteiger partial charge in [-0.25, -0.2) is 4.98 Å². The normalized spacial score (nSPS) is 15.4. The van der Waals surface area contributed by atoms with E-state index in [1.807, 2.05) is 0 Å². The van der Waals surface area contributed by atoms with Gasteiger partial charge in [0.05, 0.1) is 5.69 Å². The lowest BCUT2D eigenvalue weighted by atomic mass is 10.3. The van der Waals surface area contributed by atoms with Crippen molar-refractivity contribution < 1.29 is 0 Å². The van der Waals surface area contributed by atoms with Gasteiger partial charge >= 0.3 is 0 Å². The zero-order chi connectivity index (χ0) is 11.5. The number of nitrogens with zero attached hydrogens (tertiary/aromatic N) is 2. The lowest BCUT2D eigenvalue weighted by Gasteiger charge is -2.20. The second-order valence-electron chi connectivity index (χ2n) is 4.49. The summed E-state index contributed by atoms with van der Waals surface area (Å²) in [6.45, 7) is 6.07. The van der Waals surface area contributed by atoms with E-state index in [9.17, 15) is 0 Å². The summed E-state index contributed by atoms with van der Waals surface area (Å²) in [6, 6.07) is 0.753. The fourth-order valence-electron chi connectivity index (χ4n) is 1.87. The molecular weight excluding hydrogens is 218 g/mol. The zero-order valence-electron chi connectivity index (χ0n) is 10.2. The summed E-state index contributed by atoms with van der Waals surface area (Å²) in [6.07, 6.45) is 5.17. The molecule has 1 aliphatic rings. The second-order valence-corrected chi connectivity index (χ2v) is 5.55. The Morgan fingerprint density at radius 1 is 1.50 bits per heavy atom. The summed E-state index contributed by atoms with van der Waals surface area (Å²) < 4.78 is 0. The fraction of sp³-hybridized carbons (Fsp3) is 0.750. The number of hydrogen-bond acceptors (Lipinski definition) is 4. The van der Waals surface area contributed by atoms with Crippen LogP contribution in [0.4, 0.5) is 5.13 Å². The van der Waals surface area contributed by atoms with E-state index in [2.05, 4.69) is 23.7 Å². The minimum absolute atomic E-state index is 0.621. The number of aromatic nitrogens is 1. The Labute approximate surface area is 102 Å². The highest BCUT2D eigenvalue weighted by atomic mass is 32.1. The molecule has 1 aliphatic carbocycles. The molecule has 0 bridgehead atoms. The molecule has 1 aromatic heterocycles. The third-order valence-electron chi connectivity index (χ3n) is 3.05. The van der Waals surface area contributed by atoms with Gasteiger partial charge in [-0.05, 0) is 26.2 Å². The number of nitrogens with two attached hydrogens (primary N) is 1. The van der Waals surface area contributed by atoms with Crippen molar-refractivity contribution in [3.63, 3.8) is 0 Å². The molecule has 0 unspecified atom stereocenters. The molecule has 16 heavy (non-hydrogen) atoms. The van der Waals surface area contributed by atoms with Crippen molar-refractivity contribution in [3.8, 4) is 0 Å². The molecule has 1 fully saturated rings. The Hall–Kier alpha value is -0.610. The van der Waals surface area contributed by atoms with Crippen LogP contribution in [0.15, 0.2) is 0 Å². The molecule has 0 atom stereocenters. The van der Waals surface area contributed by atoms with Gasteiger partial charge in [-0.3, -0.25) is 0 Å². The van der Waals surface area contributed by atoms with Gasteiger partial charge in [0.15, 0.2) is 5.13 Å². The molecule has 0 spiro atoms. The van der Waals surface area contributed by atoms with Gasteiger partial charge in [-0.2, -0.15) is 0 Å². The first kappa shape index (κ1) is 11.9. The van der Waals surface area contributed by atoms with E-state index in [4.69, 9.17) is 5.73 Å². The summed E-state index contributed by atoms with van der Waals surface area (Å²) in [5.74, 6) is 0. The molecule has 4 heteroatoms. The van der Waals surface area contributed by atoms with E-state index >= 15 is 0 Å². The Kier molecular flexibility index (Phi) is 3.82. The standard InChI is InChI=1S/C12H21N3S/c1-3-4-7-15(10-5-6-10)12-14-9(2)11(8-13)16-12/h10H,3-8,13H2,1-2H3. The Morgan fingerprint density at radius 3 is 2.75 bits per heavy atom. The first-order valence-corrected chi connectivity index (χ1v) is 7.01. The van der Waals surface area contributed by atoms with E-state index < -0.39 is 0 Å². The Bertz CT molecular complexity index is 344. The van der Waals surface area contributed by atoms with Crippen LogP contribution in [0.5, 0.6) is 0 Å². The lowest BCUT2D eigenvalue weighted by Crippen LogP contribution is -2.26. The largest absolute Gasteiger partial charge is 0.345 e. The molecule has 90 valence electrons. The second kappa shape index (κ2) is 5.15. The molecule has 0 aliphatic heterocycles. The predicted octanol–water partition coefficient (Wildman–Crippen LogP) is 2.68. The number of aryl methyl sites for hydroxylation is 1. The van der Waals surface area contributed by atoms with Crippen molar-refractivity contribution in [2.75, 3.05) is 11.4 Å². The maximum atomic E-state index is 5.71. The van der Waals surface area contributed by atoms with Gasteiger partial charge in [0.1, 0.15) is 0 Å². The van der Waals surface area contributed by atoms with Gasteiger partial charge in [-0.1, -0.05) is 13.3 Å². The van der Waals surface area contributed by atoms with Gasteiger partial charge in [-0.15, -0.1) is 11.3 Å². The van der Waals surface area contributed by atoms with Crippen molar-refractivity contribution in [3.05, 3.63) is 10.6 Å². The molecule has 0 radical (unpaired) electrons. The van der Waals surface area contributed by atoms with Gasteiger partial charge < -0.3 is 10.6 Å². The average molecular weight is 239 g/mol. The molecule has 1 saturated carbocycles. The average Bonchev–Trinajstić information content (AvgIpc) is 3.03. The first-order chi connectivity index (χ1) is 7.76. The highest BCUT2D eigenvalue weighted by Gasteiger charge is 2.30. The third kappa shape index (κ3) is 2.55. The van der Waals surface area contributed by atoms with Crippen LogP contribution in [0.2, 0.25) is 0 Å². The zero-order valence-corrected chi connectivity index (χ0v) is 11.0. The van der Waals surface area contributed by atoms with E-state index in [1.165, 1.54) is 35.7 Å². The van der Waals surface area contributed by atoms with Crippen molar-refractivity contribution in [1.82, 2.24) is 4.98 Å². The summed E-state index contributed by atoms with van der Waals surface area (Å²) in [5, 5.41) is 1.19. The molecule has 0 amide bonds. The first-order valence-electron chi connectivity index (χ1n) is 6.19. The summed E-state index contributed by atoms with van der Waals surface area (Å²) in [4.78, 5) is 8.38. The van der Waals surface area contributed by atoms with Crippen LogP contribution >= 0.6 is 11.3 Å². The fourth-order valence-corrected chi connectivity index (χ4v) is 2.91. The highest BCUT2D eigenvalue weighted by Crippen LogP contribution is 2.35. The van der Waals surface area contributed by atoms with Crippen molar-refractivity contribution in [1.29, 1.82) is 0 Å². The summed E-state index contributed by atoms with van der Waals surface area (Å²) in [7, 11) is 0. The topological polar surface area (TPSA) is 42.2 Å².